The van der Waals surface area contributed by atoms with E-state index in [0.29, 0.717) is 17.4 Å². The van der Waals surface area contributed by atoms with Crippen molar-refractivity contribution in [2.45, 2.75) is 58.0 Å². The molecule has 1 aliphatic heterocycles. The summed E-state index contributed by atoms with van der Waals surface area (Å²) in [5, 5.41) is 10.2. The standard InChI is InChI=1S/C16H22ClNO2/c1-5-13(15(19)20)18-14-7-6-11(17)8-12(14)10(2)9-16(18,3)4/h6-8,10,13H,5,9H2,1-4H3,(H,19,20)/t10-,13-/m0/s1. The molecule has 2 atom stereocenters. The predicted molar refractivity (Wildman–Crippen MR) is 82.8 cm³/mol. The molecule has 0 unspecified atom stereocenters. The Morgan fingerprint density at radius 3 is 2.75 bits per heavy atom. The van der Waals surface area contributed by atoms with E-state index in [-0.39, 0.29) is 5.54 Å². The summed E-state index contributed by atoms with van der Waals surface area (Å²) in [5.74, 6) is -0.391. The zero-order valence-corrected chi connectivity index (χ0v) is 13.2. The number of carboxylic acids is 1. The van der Waals surface area contributed by atoms with Gasteiger partial charge in [0.1, 0.15) is 6.04 Å². The minimum Gasteiger partial charge on any atom is -0.480 e. The Hall–Kier alpha value is -1.22. The molecule has 0 amide bonds. The zero-order chi connectivity index (χ0) is 15.1. The van der Waals surface area contributed by atoms with Gasteiger partial charge in [0.2, 0.25) is 0 Å². The first-order valence-electron chi connectivity index (χ1n) is 7.09. The summed E-state index contributed by atoms with van der Waals surface area (Å²) in [7, 11) is 0. The maximum Gasteiger partial charge on any atom is 0.326 e. The lowest BCUT2D eigenvalue weighted by Gasteiger charge is -2.50. The van der Waals surface area contributed by atoms with Crippen molar-refractivity contribution >= 4 is 23.3 Å². The zero-order valence-electron chi connectivity index (χ0n) is 12.5. The van der Waals surface area contributed by atoms with Crippen LogP contribution in [0.4, 0.5) is 5.69 Å². The summed E-state index contributed by atoms with van der Waals surface area (Å²) in [6.07, 6.45) is 1.50. The van der Waals surface area contributed by atoms with Crippen LogP contribution in [0.25, 0.3) is 0 Å². The monoisotopic (exact) mass is 295 g/mol. The van der Waals surface area contributed by atoms with E-state index in [9.17, 15) is 9.90 Å². The normalized spacial score (nSPS) is 22.2. The fraction of sp³-hybridized carbons (Fsp3) is 0.562. The molecule has 4 heteroatoms. The van der Waals surface area contributed by atoms with Gasteiger partial charge in [-0.25, -0.2) is 4.79 Å². The number of nitrogens with zero attached hydrogens (tertiary/aromatic N) is 1. The van der Waals surface area contributed by atoms with Crippen LogP contribution >= 0.6 is 11.6 Å². The van der Waals surface area contributed by atoms with Gasteiger partial charge in [0.25, 0.3) is 0 Å². The van der Waals surface area contributed by atoms with Crippen molar-refractivity contribution in [2.24, 2.45) is 0 Å². The second-order valence-corrected chi connectivity index (χ2v) is 6.69. The molecular weight excluding hydrogens is 274 g/mol. The maximum absolute atomic E-state index is 11.6. The highest BCUT2D eigenvalue weighted by Gasteiger charge is 2.41. The molecule has 0 spiro atoms. The van der Waals surface area contributed by atoms with Crippen molar-refractivity contribution in [3.05, 3.63) is 28.8 Å². The molecule has 0 saturated carbocycles. The van der Waals surface area contributed by atoms with Gasteiger partial charge in [-0.15, -0.1) is 0 Å². The molecule has 3 nitrogen and oxygen atoms in total. The van der Waals surface area contributed by atoms with Gasteiger partial charge in [-0.3, -0.25) is 0 Å². The van der Waals surface area contributed by atoms with Crippen molar-refractivity contribution in [3.63, 3.8) is 0 Å². The average Bonchev–Trinajstić information content (AvgIpc) is 2.33. The molecule has 0 aliphatic carbocycles. The van der Waals surface area contributed by atoms with Crippen LogP contribution in [0.1, 0.15) is 52.0 Å². The summed E-state index contributed by atoms with van der Waals surface area (Å²) in [4.78, 5) is 13.7. The van der Waals surface area contributed by atoms with Crippen molar-refractivity contribution in [3.8, 4) is 0 Å². The van der Waals surface area contributed by atoms with Crippen molar-refractivity contribution in [2.75, 3.05) is 4.90 Å². The van der Waals surface area contributed by atoms with E-state index in [4.69, 9.17) is 11.6 Å². The Bertz CT molecular complexity index is 527. The number of rotatable bonds is 3. The van der Waals surface area contributed by atoms with Crippen LogP contribution in [0.3, 0.4) is 0 Å². The predicted octanol–water partition coefficient (Wildman–Crippen LogP) is 4.30. The van der Waals surface area contributed by atoms with Gasteiger partial charge >= 0.3 is 5.97 Å². The highest BCUT2D eigenvalue weighted by atomic mass is 35.5. The second-order valence-electron chi connectivity index (χ2n) is 6.25. The number of aliphatic carboxylic acids is 1. The number of benzene rings is 1. The topological polar surface area (TPSA) is 40.5 Å². The minimum absolute atomic E-state index is 0.181. The summed E-state index contributed by atoms with van der Waals surface area (Å²) < 4.78 is 0. The lowest BCUT2D eigenvalue weighted by molar-refractivity contribution is -0.139. The molecule has 110 valence electrons. The number of carbonyl (C=O) groups is 1. The van der Waals surface area contributed by atoms with Gasteiger partial charge in [-0.1, -0.05) is 25.4 Å². The number of anilines is 1. The lowest BCUT2D eigenvalue weighted by atomic mass is 9.79. The van der Waals surface area contributed by atoms with Gasteiger partial charge in [-0.05, 0) is 56.4 Å². The summed E-state index contributed by atoms with van der Waals surface area (Å²) in [6, 6.07) is 5.27. The third-order valence-electron chi connectivity index (χ3n) is 4.22. The van der Waals surface area contributed by atoms with E-state index in [2.05, 4.69) is 25.7 Å². The molecule has 1 aromatic rings. The Balaban J connectivity index is 2.59. The number of halogens is 1. The van der Waals surface area contributed by atoms with Crippen molar-refractivity contribution in [1.29, 1.82) is 0 Å². The average molecular weight is 296 g/mol. The molecule has 0 radical (unpaired) electrons. The number of hydrogen-bond acceptors (Lipinski definition) is 2. The molecule has 1 N–H and O–H groups in total. The number of hydrogen-bond donors (Lipinski definition) is 1. The van der Waals surface area contributed by atoms with Crippen LogP contribution < -0.4 is 4.90 Å². The van der Waals surface area contributed by atoms with E-state index < -0.39 is 12.0 Å². The number of carboxylic acid groups (broad SMARTS) is 1. The molecule has 0 aromatic heterocycles. The van der Waals surface area contributed by atoms with Crippen LogP contribution in [-0.4, -0.2) is 22.7 Å². The molecule has 1 heterocycles. The first-order chi connectivity index (χ1) is 9.27. The fourth-order valence-electron chi connectivity index (χ4n) is 3.48. The molecule has 0 saturated heterocycles. The molecule has 2 rings (SSSR count). The van der Waals surface area contributed by atoms with Gasteiger partial charge in [0, 0.05) is 16.2 Å². The molecule has 1 aromatic carbocycles. The largest absolute Gasteiger partial charge is 0.480 e. The van der Waals surface area contributed by atoms with E-state index >= 15 is 0 Å². The second kappa shape index (κ2) is 5.28. The van der Waals surface area contributed by atoms with E-state index in [1.165, 1.54) is 0 Å². The molecule has 0 bridgehead atoms. The van der Waals surface area contributed by atoms with Crippen molar-refractivity contribution in [1.82, 2.24) is 0 Å². The molecule has 1 aliphatic rings. The summed E-state index contributed by atoms with van der Waals surface area (Å²) >= 11 is 6.10. The van der Waals surface area contributed by atoms with Gasteiger partial charge in [0.15, 0.2) is 0 Å². The van der Waals surface area contributed by atoms with Crippen LogP contribution in [0.5, 0.6) is 0 Å². The molecule has 20 heavy (non-hydrogen) atoms. The Labute approximate surface area is 125 Å². The van der Waals surface area contributed by atoms with Crippen LogP contribution in [-0.2, 0) is 4.79 Å². The van der Waals surface area contributed by atoms with Crippen molar-refractivity contribution < 1.29 is 9.90 Å². The van der Waals surface area contributed by atoms with E-state index in [1.807, 2.05) is 25.1 Å². The van der Waals surface area contributed by atoms with Gasteiger partial charge in [-0.2, -0.15) is 0 Å². The minimum atomic E-state index is -0.768. The highest BCUT2D eigenvalue weighted by molar-refractivity contribution is 6.30. The quantitative estimate of drug-likeness (QED) is 0.904. The SMILES string of the molecule is CC[C@@H](C(=O)O)N1c2ccc(Cl)cc2[C@@H](C)CC1(C)C. The smallest absolute Gasteiger partial charge is 0.326 e. The first kappa shape index (κ1) is 15.2. The third kappa shape index (κ3) is 2.51. The van der Waals surface area contributed by atoms with Gasteiger partial charge in [0.05, 0.1) is 0 Å². The Morgan fingerprint density at radius 2 is 2.20 bits per heavy atom. The van der Waals surface area contributed by atoms with Crippen LogP contribution in [0.2, 0.25) is 5.02 Å². The lowest BCUT2D eigenvalue weighted by Crippen LogP contribution is -2.56. The third-order valence-corrected chi connectivity index (χ3v) is 4.46. The Morgan fingerprint density at radius 1 is 1.55 bits per heavy atom. The summed E-state index contributed by atoms with van der Waals surface area (Å²) in [5.41, 5.74) is 1.98. The highest BCUT2D eigenvalue weighted by Crippen LogP contribution is 2.45. The molecule has 0 fully saturated rings. The maximum atomic E-state index is 11.6. The van der Waals surface area contributed by atoms with Crippen LogP contribution in [0, 0.1) is 0 Å². The summed E-state index contributed by atoms with van der Waals surface area (Å²) in [6.45, 7) is 8.33. The fourth-order valence-corrected chi connectivity index (χ4v) is 3.66. The van der Waals surface area contributed by atoms with E-state index in [0.717, 1.165) is 17.7 Å². The number of fused-ring (bicyclic) bond motifs is 1. The van der Waals surface area contributed by atoms with E-state index in [1.54, 1.807) is 0 Å². The Kier molecular flexibility index (Phi) is 4.01. The van der Waals surface area contributed by atoms with Gasteiger partial charge < -0.3 is 10.0 Å². The molecular formula is C16H22ClNO2. The van der Waals surface area contributed by atoms with Crippen LogP contribution in [0.15, 0.2) is 18.2 Å². The first-order valence-corrected chi connectivity index (χ1v) is 7.47.